The highest BCUT2D eigenvalue weighted by atomic mass is 79.9. The third kappa shape index (κ3) is 3.03. The van der Waals surface area contributed by atoms with E-state index in [2.05, 4.69) is 15.9 Å². The Bertz CT molecular complexity index is 509. The predicted octanol–water partition coefficient (Wildman–Crippen LogP) is 3.32. The number of Topliss-reactive ketones (excluding diaryl/α,β-unsaturated/α-hetero) is 1. The van der Waals surface area contributed by atoms with Crippen molar-refractivity contribution in [3.63, 3.8) is 0 Å². The first-order valence-electron chi connectivity index (χ1n) is 5.23. The van der Waals surface area contributed by atoms with E-state index in [0.29, 0.717) is 6.42 Å². The van der Waals surface area contributed by atoms with Gasteiger partial charge in [0.2, 0.25) is 0 Å². The molecule has 1 aromatic carbocycles. The minimum absolute atomic E-state index is 0.0411. The summed E-state index contributed by atoms with van der Waals surface area (Å²) < 4.78 is 0.983. The molecule has 2 nitrogen and oxygen atoms in total. The molecule has 0 amide bonds. The lowest BCUT2D eigenvalue weighted by Crippen LogP contribution is -2.22. The van der Waals surface area contributed by atoms with Gasteiger partial charge in [-0.15, -0.1) is 11.3 Å². The molecule has 0 aliphatic carbocycles. The molecule has 0 radical (unpaired) electrons. The monoisotopic (exact) mass is 309 g/mol. The van der Waals surface area contributed by atoms with Gasteiger partial charge >= 0.3 is 0 Å². The quantitative estimate of drug-likeness (QED) is 0.941. The lowest BCUT2D eigenvalue weighted by atomic mass is 10.0. The second-order valence-corrected chi connectivity index (χ2v) is 5.58. The van der Waals surface area contributed by atoms with E-state index in [4.69, 9.17) is 5.73 Å². The van der Waals surface area contributed by atoms with Gasteiger partial charge in [0.05, 0.1) is 6.04 Å². The predicted molar refractivity (Wildman–Crippen MR) is 74.1 cm³/mol. The summed E-state index contributed by atoms with van der Waals surface area (Å²) in [4.78, 5) is 13.1. The number of ketones is 1. The van der Waals surface area contributed by atoms with Crippen LogP contribution in [-0.2, 0) is 11.2 Å². The van der Waals surface area contributed by atoms with Gasteiger partial charge in [-0.1, -0.05) is 30.3 Å². The third-order valence-electron chi connectivity index (χ3n) is 2.53. The van der Waals surface area contributed by atoms with Gasteiger partial charge in [-0.3, -0.25) is 4.79 Å². The lowest BCUT2D eigenvalue weighted by Gasteiger charge is -2.10. The Morgan fingerprint density at radius 2 is 2.00 bits per heavy atom. The van der Waals surface area contributed by atoms with Gasteiger partial charge in [-0.25, -0.2) is 0 Å². The molecule has 4 heteroatoms. The zero-order valence-electron chi connectivity index (χ0n) is 9.10. The molecule has 2 rings (SSSR count). The van der Waals surface area contributed by atoms with Crippen LogP contribution in [0.25, 0.3) is 0 Å². The van der Waals surface area contributed by atoms with E-state index in [1.54, 1.807) is 11.3 Å². The van der Waals surface area contributed by atoms with Crippen LogP contribution in [0.1, 0.15) is 16.5 Å². The van der Waals surface area contributed by atoms with Crippen molar-refractivity contribution in [3.05, 3.63) is 56.7 Å². The fraction of sp³-hybridized carbons (Fsp3) is 0.154. The number of benzene rings is 1. The first kappa shape index (κ1) is 12.5. The van der Waals surface area contributed by atoms with E-state index in [9.17, 15) is 4.79 Å². The molecule has 0 fully saturated rings. The summed E-state index contributed by atoms with van der Waals surface area (Å²) in [6, 6.07) is 10.9. The molecule has 0 spiro atoms. The number of rotatable bonds is 4. The van der Waals surface area contributed by atoms with Crippen molar-refractivity contribution in [1.29, 1.82) is 0 Å². The van der Waals surface area contributed by atoms with Crippen LogP contribution in [0.15, 0.2) is 46.3 Å². The molecular formula is C13H12BrNOS. The fourth-order valence-corrected chi connectivity index (χ4v) is 3.07. The van der Waals surface area contributed by atoms with Crippen molar-refractivity contribution in [3.8, 4) is 0 Å². The molecular weight excluding hydrogens is 298 g/mol. The van der Waals surface area contributed by atoms with E-state index in [1.165, 1.54) is 0 Å². The Morgan fingerprint density at radius 3 is 2.59 bits per heavy atom. The van der Waals surface area contributed by atoms with Crippen molar-refractivity contribution in [1.82, 2.24) is 0 Å². The van der Waals surface area contributed by atoms with E-state index >= 15 is 0 Å². The smallest absolute Gasteiger partial charge is 0.159 e. The lowest BCUT2D eigenvalue weighted by molar-refractivity contribution is -0.119. The molecule has 1 heterocycles. The summed E-state index contributed by atoms with van der Waals surface area (Å²) in [7, 11) is 0. The maximum Gasteiger partial charge on any atom is 0.159 e. The largest absolute Gasteiger partial charge is 0.318 e. The summed E-state index contributed by atoms with van der Waals surface area (Å²) in [6.07, 6.45) is 0.383. The van der Waals surface area contributed by atoms with Crippen LogP contribution in [0.2, 0.25) is 0 Å². The van der Waals surface area contributed by atoms with Crippen molar-refractivity contribution in [2.45, 2.75) is 12.5 Å². The maximum absolute atomic E-state index is 12.0. The minimum Gasteiger partial charge on any atom is -0.318 e. The highest BCUT2D eigenvalue weighted by Crippen LogP contribution is 2.24. The maximum atomic E-state index is 12.0. The second-order valence-electron chi connectivity index (χ2n) is 3.72. The molecule has 2 N–H and O–H groups in total. The topological polar surface area (TPSA) is 43.1 Å². The van der Waals surface area contributed by atoms with Gasteiger partial charge in [0.1, 0.15) is 0 Å². The normalized spacial score (nSPS) is 12.4. The van der Waals surface area contributed by atoms with E-state index in [1.807, 2.05) is 41.8 Å². The Balaban J connectivity index is 2.09. The summed E-state index contributed by atoms with van der Waals surface area (Å²) in [6.45, 7) is 0. The number of carbonyl (C=O) groups excluding carboxylic acids is 1. The van der Waals surface area contributed by atoms with Crippen LogP contribution < -0.4 is 5.73 Å². The van der Waals surface area contributed by atoms with E-state index in [0.717, 1.165) is 14.9 Å². The number of halogens is 1. The molecule has 0 aliphatic rings. The van der Waals surface area contributed by atoms with Crippen molar-refractivity contribution in [2.24, 2.45) is 5.73 Å². The van der Waals surface area contributed by atoms with Crippen molar-refractivity contribution in [2.75, 3.05) is 0 Å². The summed E-state index contributed by atoms with van der Waals surface area (Å²) in [5.74, 6) is 0.0411. The van der Waals surface area contributed by atoms with Crippen LogP contribution in [0.3, 0.4) is 0 Å². The molecule has 0 saturated heterocycles. The molecule has 0 aliphatic heterocycles. The zero-order chi connectivity index (χ0) is 12.3. The Hall–Kier alpha value is -0.970. The highest BCUT2D eigenvalue weighted by molar-refractivity contribution is 9.10. The first-order valence-corrected chi connectivity index (χ1v) is 6.91. The Labute approximate surface area is 113 Å². The number of nitrogens with two attached hydrogens (primary N) is 1. The average molecular weight is 310 g/mol. The fourth-order valence-electron chi connectivity index (χ4n) is 1.57. The standard InChI is InChI=1S/C13H12BrNOS/c14-10-6-7-17-12(10)8-11(16)13(15)9-4-2-1-3-5-9/h1-7,13H,8,15H2/t13-/m1/s1. The average Bonchev–Trinajstić information content (AvgIpc) is 2.75. The minimum atomic E-state index is -0.537. The Kier molecular flexibility index (Phi) is 4.10. The molecule has 17 heavy (non-hydrogen) atoms. The Morgan fingerprint density at radius 1 is 1.29 bits per heavy atom. The number of hydrogen-bond acceptors (Lipinski definition) is 3. The summed E-state index contributed by atoms with van der Waals surface area (Å²) in [5, 5.41) is 1.96. The molecule has 0 bridgehead atoms. The second kappa shape index (κ2) is 5.58. The molecule has 1 atom stereocenters. The van der Waals surface area contributed by atoms with Crippen molar-refractivity contribution < 1.29 is 4.79 Å². The zero-order valence-corrected chi connectivity index (χ0v) is 11.5. The number of thiophene rings is 1. The van der Waals surface area contributed by atoms with Crippen LogP contribution >= 0.6 is 27.3 Å². The van der Waals surface area contributed by atoms with Crippen LogP contribution in [-0.4, -0.2) is 5.78 Å². The molecule has 0 saturated carbocycles. The van der Waals surface area contributed by atoms with Gasteiger partial charge in [-0.05, 0) is 32.9 Å². The van der Waals surface area contributed by atoms with Crippen LogP contribution in [0.5, 0.6) is 0 Å². The van der Waals surface area contributed by atoms with Gasteiger partial charge in [0, 0.05) is 15.8 Å². The number of hydrogen-bond donors (Lipinski definition) is 1. The van der Waals surface area contributed by atoms with Crippen LogP contribution in [0, 0.1) is 0 Å². The van der Waals surface area contributed by atoms with Gasteiger partial charge in [-0.2, -0.15) is 0 Å². The number of carbonyl (C=O) groups is 1. The highest BCUT2D eigenvalue weighted by Gasteiger charge is 2.17. The molecule has 0 unspecified atom stereocenters. The van der Waals surface area contributed by atoms with E-state index < -0.39 is 6.04 Å². The molecule has 1 aromatic heterocycles. The van der Waals surface area contributed by atoms with Crippen molar-refractivity contribution >= 4 is 33.0 Å². The SMILES string of the molecule is N[C@@H](C(=O)Cc1sccc1Br)c1ccccc1. The molecule has 2 aromatic rings. The van der Waals surface area contributed by atoms with E-state index in [-0.39, 0.29) is 5.78 Å². The van der Waals surface area contributed by atoms with Crippen LogP contribution in [0.4, 0.5) is 0 Å². The first-order chi connectivity index (χ1) is 8.18. The summed E-state index contributed by atoms with van der Waals surface area (Å²) in [5.41, 5.74) is 6.81. The summed E-state index contributed by atoms with van der Waals surface area (Å²) >= 11 is 4.98. The third-order valence-corrected chi connectivity index (χ3v) is 4.46. The van der Waals surface area contributed by atoms with Gasteiger partial charge < -0.3 is 5.73 Å². The van der Waals surface area contributed by atoms with Gasteiger partial charge in [0.15, 0.2) is 5.78 Å². The molecule has 88 valence electrons. The van der Waals surface area contributed by atoms with Gasteiger partial charge in [0.25, 0.3) is 0 Å².